The molecule has 3 amide bonds. The van der Waals surface area contributed by atoms with Crippen molar-refractivity contribution >= 4 is 56.6 Å². The van der Waals surface area contributed by atoms with E-state index in [0.29, 0.717) is 19.3 Å². The highest BCUT2D eigenvalue weighted by Crippen LogP contribution is 2.77. The third kappa shape index (κ3) is 3.95. The van der Waals surface area contributed by atoms with Crippen LogP contribution in [0, 0.1) is 16.7 Å². The van der Waals surface area contributed by atoms with Crippen LogP contribution < -0.4 is 5.32 Å². The lowest BCUT2D eigenvalue weighted by molar-refractivity contribution is -0.145. The van der Waals surface area contributed by atoms with E-state index < -0.39 is 39.0 Å². The molecule has 0 radical (unpaired) electrons. The number of ether oxygens (including phenoxy) is 1. The van der Waals surface area contributed by atoms with Gasteiger partial charge < -0.3 is 10.1 Å². The molecule has 1 heterocycles. The molecule has 41 heavy (non-hydrogen) atoms. The molecule has 2 aromatic carbocycles. The summed E-state index contributed by atoms with van der Waals surface area (Å²) in [6, 6.07) is 18.4. The number of nitrogens with zero attached hydrogens (tertiary/aromatic N) is 1. The van der Waals surface area contributed by atoms with Crippen LogP contribution >= 0.6 is 15.9 Å². The van der Waals surface area contributed by atoms with Gasteiger partial charge in [0.2, 0.25) is 17.7 Å². The van der Waals surface area contributed by atoms with Crippen molar-refractivity contribution in [3.8, 4) is 0 Å². The van der Waals surface area contributed by atoms with Crippen LogP contribution in [0.25, 0.3) is 11.1 Å². The summed E-state index contributed by atoms with van der Waals surface area (Å²) in [4.78, 5) is 67.6. The van der Waals surface area contributed by atoms with E-state index in [4.69, 9.17) is 4.74 Å². The van der Waals surface area contributed by atoms with Gasteiger partial charge in [0.25, 0.3) is 0 Å². The van der Waals surface area contributed by atoms with E-state index in [1.807, 2.05) is 67.6 Å². The van der Waals surface area contributed by atoms with Crippen LogP contribution in [0.5, 0.6) is 0 Å². The molecule has 5 rings (SSSR count). The smallest absolute Gasteiger partial charge is 0.328 e. The Morgan fingerprint density at radius 2 is 1.51 bits per heavy atom. The number of alkyl halides is 1. The van der Waals surface area contributed by atoms with E-state index in [9.17, 15) is 24.0 Å². The number of likely N-dealkylation sites (tertiary alicyclic amines) is 1. The zero-order valence-corrected chi connectivity index (χ0v) is 25.1. The zero-order chi connectivity index (χ0) is 29.7. The number of allylic oxidation sites excluding steroid dienone is 2. The molecule has 0 spiro atoms. The maximum absolute atomic E-state index is 14.4. The Morgan fingerprint density at radius 3 is 2.05 bits per heavy atom. The number of hydrogen-bond acceptors (Lipinski definition) is 6. The van der Waals surface area contributed by atoms with Gasteiger partial charge in [-0.3, -0.25) is 24.1 Å². The number of Topliss-reactive ketones (excluding diaryl/α,β-unsaturated/α-hetero) is 1. The van der Waals surface area contributed by atoms with Gasteiger partial charge in [0, 0.05) is 13.5 Å². The molecular formula is C32H33BrN2O6. The Labute approximate surface area is 247 Å². The fraction of sp³-hybridized carbons (Fsp3) is 0.406. The fourth-order valence-corrected chi connectivity index (χ4v) is 8.57. The molecule has 0 aromatic heterocycles. The summed E-state index contributed by atoms with van der Waals surface area (Å²) in [6.07, 6.45) is 1.19. The van der Waals surface area contributed by atoms with Crippen molar-refractivity contribution in [2.75, 3.05) is 13.7 Å². The van der Waals surface area contributed by atoms with Crippen molar-refractivity contribution in [2.45, 2.75) is 50.4 Å². The summed E-state index contributed by atoms with van der Waals surface area (Å²) in [7, 11) is 1.26. The lowest BCUT2D eigenvalue weighted by Gasteiger charge is -2.41. The summed E-state index contributed by atoms with van der Waals surface area (Å²) in [6.45, 7) is 5.06. The van der Waals surface area contributed by atoms with Gasteiger partial charge in [0.1, 0.15) is 10.4 Å². The zero-order valence-electron chi connectivity index (χ0n) is 23.5. The topological polar surface area (TPSA) is 110 Å². The highest BCUT2D eigenvalue weighted by Gasteiger charge is 2.85. The van der Waals surface area contributed by atoms with Crippen molar-refractivity contribution in [1.29, 1.82) is 0 Å². The molecule has 3 aliphatic rings. The Kier molecular flexibility index (Phi) is 7.30. The molecule has 5 atom stereocenters. The van der Waals surface area contributed by atoms with E-state index in [0.717, 1.165) is 22.3 Å². The second kappa shape index (κ2) is 10.4. The van der Waals surface area contributed by atoms with Crippen LogP contribution in [0.1, 0.15) is 51.2 Å². The van der Waals surface area contributed by atoms with Gasteiger partial charge in [-0.05, 0) is 55.4 Å². The van der Waals surface area contributed by atoms with Crippen molar-refractivity contribution < 1.29 is 28.7 Å². The van der Waals surface area contributed by atoms with Crippen LogP contribution in [-0.4, -0.2) is 58.4 Å². The number of esters is 1. The van der Waals surface area contributed by atoms with Crippen molar-refractivity contribution in [3.05, 3.63) is 71.8 Å². The number of carbonyl (C=O) groups excluding carboxylic acids is 5. The molecule has 2 aromatic rings. The van der Waals surface area contributed by atoms with Gasteiger partial charge in [-0.1, -0.05) is 76.6 Å². The predicted molar refractivity (Wildman–Crippen MR) is 156 cm³/mol. The molecule has 2 bridgehead atoms. The van der Waals surface area contributed by atoms with Crippen molar-refractivity contribution in [1.82, 2.24) is 10.2 Å². The lowest BCUT2D eigenvalue weighted by atomic mass is 9.63. The number of carbonyl (C=O) groups is 5. The minimum absolute atomic E-state index is 0.136. The number of ketones is 1. The van der Waals surface area contributed by atoms with Crippen LogP contribution in [0.2, 0.25) is 0 Å². The molecule has 2 aliphatic carbocycles. The minimum Gasteiger partial charge on any atom is -0.467 e. The number of benzene rings is 2. The molecule has 4 unspecified atom stereocenters. The van der Waals surface area contributed by atoms with Crippen LogP contribution in [0.4, 0.5) is 0 Å². The van der Waals surface area contributed by atoms with Gasteiger partial charge in [0.05, 0.1) is 23.9 Å². The summed E-state index contributed by atoms with van der Waals surface area (Å²) in [5, 5.41) is 2.58. The second-order valence-corrected chi connectivity index (χ2v) is 12.6. The van der Waals surface area contributed by atoms with Gasteiger partial charge in [0.15, 0.2) is 5.78 Å². The number of halogens is 1. The number of rotatable bonds is 9. The first kappa shape index (κ1) is 28.9. The minimum atomic E-state index is -1.43. The molecule has 9 heteroatoms. The Hall–Kier alpha value is -3.59. The first-order valence-electron chi connectivity index (χ1n) is 13.8. The third-order valence-electron chi connectivity index (χ3n) is 9.08. The van der Waals surface area contributed by atoms with E-state index in [1.165, 1.54) is 18.9 Å². The largest absolute Gasteiger partial charge is 0.467 e. The summed E-state index contributed by atoms with van der Waals surface area (Å²) >= 11 is 3.76. The van der Waals surface area contributed by atoms with Gasteiger partial charge >= 0.3 is 5.97 Å². The Bertz CT molecular complexity index is 1470. The highest BCUT2D eigenvalue weighted by molar-refractivity contribution is 9.10. The van der Waals surface area contributed by atoms with E-state index in [-0.39, 0.29) is 24.1 Å². The molecule has 1 saturated heterocycles. The summed E-state index contributed by atoms with van der Waals surface area (Å²) < 4.78 is 3.35. The van der Waals surface area contributed by atoms with Crippen LogP contribution in [0.3, 0.4) is 0 Å². The summed E-state index contributed by atoms with van der Waals surface area (Å²) in [5.41, 5.74) is 0.732. The average molecular weight is 622 g/mol. The molecule has 214 valence electrons. The lowest BCUT2D eigenvalue weighted by Crippen LogP contribution is -2.50. The van der Waals surface area contributed by atoms with E-state index >= 15 is 0 Å². The number of imide groups is 1. The molecular weight excluding hydrogens is 588 g/mol. The molecule has 2 fully saturated rings. The highest BCUT2D eigenvalue weighted by atomic mass is 79.9. The standard InChI is InChI=1S/C32H33BrN2O6/c1-19(36)34-22(27(38)41-4)17-11-12-18-35-26(37)25-30(2)23(20-13-7-5-8-14-20)24(21-15-9-6-10-16-21)31(3,28(30)39)32(25,33)29(35)40/h5-10,13-16,22,25H,11-12,17-18H2,1-4H3,(H,34,36)/t22-,25?,30?,31?,32?/m0/s1. The number of unbranched alkanes of at least 4 members (excludes halogenated alkanes) is 1. The quantitative estimate of drug-likeness (QED) is 0.195. The normalized spacial score (nSPS) is 29.1. The molecule has 8 nitrogen and oxygen atoms in total. The van der Waals surface area contributed by atoms with Crippen molar-refractivity contribution in [2.24, 2.45) is 16.7 Å². The number of methoxy groups -OCH3 is 1. The maximum atomic E-state index is 14.4. The Balaban J connectivity index is 1.50. The fourth-order valence-electron chi connectivity index (χ4n) is 7.33. The predicted octanol–water partition coefficient (Wildman–Crippen LogP) is 4.17. The van der Waals surface area contributed by atoms with Gasteiger partial charge in [-0.15, -0.1) is 0 Å². The summed E-state index contributed by atoms with van der Waals surface area (Å²) in [5.74, 6) is -2.74. The van der Waals surface area contributed by atoms with Gasteiger partial charge in [-0.2, -0.15) is 0 Å². The molecule has 1 N–H and O–H groups in total. The average Bonchev–Trinajstić information content (AvgIpc) is 3.34. The van der Waals surface area contributed by atoms with Crippen LogP contribution in [0.15, 0.2) is 60.7 Å². The van der Waals surface area contributed by atoms with E-state index in [2.05, 4.69) is 21.2 Å². The third-order valence-corrected chi connectivity index (χ3v) is 10.7. The number of hydrogen-bond donors (Lipinski definition) is 1. The van der Waals surface area contributed by atoms with Crippen molar-refractivity contribution in [3.63, 3.8) is 0 Å². The van der Waals surface area contributed by atoms with Gasteiger partial charge in [-0.25, -0.2) is 4.79 Å². The van der Waals surface area contributed by atoms with Crippen LogP contribution in [-0.2, 0) is 28.7 Å². The first-order valence-corrected chi connectivity index (χ1v) is 14.6. The molecule has 1 saturated carbocycles. The number of amides is 3. The number of nitrogens with one attached hydrogen (secondary N) is 1. The first-order chi connectivity index (χ1) is 19.4. The number of fused-ring (bicyclic) bond motifs is 5. The van der Waals surface area contributed by atoms with E-state index in [1.54, 1.807) is 6.92 Å². The monoisotopic (exact) mass is 620 g/mol. The maximum Gasteiger partial charge on any atom is 0.328 e. The second-order valence-electron chi connectivity index (χ2n) is 11.4. The SMILES string of the molecule is COC(=O)[C@H](CCCCN1C(=O)C2C3(C)C(=O)C(C)(C(c4ccccc4)=C3c3ccccc3)C2(Br)C1=O)NC(C)=O. The molecule has 1 aliphatic heterocycles. The Morgan fingerprint density at radius 1 is 0.951 bits per heavy atom.